The maximum atomic E-state index is 12.9. The number of allylic oxidation sites excluding steroid dienone is 2. The zero-order chi connectivity index (χ0) is 21.0. The number of esters is 1. The lowest BCUT2D eigenvalue weighted by Crippen LogP contribution is -2.54. The molecule has 1 aliphatic heterocycles. The van der Waals surface area contributed by atoms with Gasteiger partial charge < -0.3 is 15.0 Å². The Balaban J connectivity index is 1.55. The summed E-state index contributed by atoms with van der Waals surface area (Å²) < 4.78 is 5.11. The molecular formula is C21H31N3O5. The van der Waals surface area contributed by atoms with Crippen molar-refractivity contribution in [3.05, 3.63) is 11.8 Å². The fraction of sp³-hybridized carbons (Fsp3) is 0.714. The summed E-state index contributed by atoms with van der Waals surface area (Å²) in [6.07, 6.45) is 9.36. The van der Waals surface area contributed by atoms with Crippen LogP contribution in [0.1, 0.15) is 65.2 Å². The van der Waals surface area contributed by atoms with Gasteiger partial charge in [0.2, 0.25) is 0 Å². The van der Waals surface area contributed by atoms with Crippen molar-refractivity contribution in [3.8, 4) is 0 Å². The van der Waals surface area contributed by atoms with Crippen LogP contribution in [-0.4, -0.2) is 58.8 Å². The van der Waals surface area contributed by atoms with Crippen LogP contribution in [0.5, 0.6) is 0 Å². The molecule has 3 aliphatic rings. The second-order valence-electron chi connectivity index (χ2n) is 8.18. The Bertz CT molecular complexity index is 719. The molecule has 3 rings (SSSR count). The molecule has 0 unspecified atom stereocenters. The van der Waals surface area contributed by atoms with E-state index in [0.29, 0.717) is 13.0 Å². The molecular weight excluding hydrogens is 374 g/mol. The monoisotopic (exact) mass is 405 g/mol. The number of carbonyl (C=O) groups excluding carboxylic acids is 4. The van der Waals surface area contributed by atoms with Crippen molar-refractivity contribution in [2.75, 3.05) is 19.7 Å². The van der Waals surface area contributed by atoms with Crippen LogP contribution < -0.4 is 5.32 Å². The second kappa shape index (κ2) is 8.97. The van der Waals surface area contributed by atoms with Gasteiger partial charge in [-0.15, -0.1) is 0 Å². The summed E-state index contributed by atoms with van der Waals surface area (Å²) in [4.78, 5) is 52.5. The first kappa shape index (κ1) is 21.3. The van der Waals surface area contributed by atoms with Crippen molar-refractivity contribution in [2.24, 2.45) is 5.92 Å². The zero-order valence-corrected chi connectivity index (χ0v) is 17.4. The van der Waals surface area contributed by atoms with Crippen LogP contribution in [0.25, 0.3) is 0 Å². The number of carbonyl (C=O) groups is 4. The molecule has 160 valence electrons. The van der Waals surface area contributed by atoms with E-state index in [1.807, 2.05) is 13.8 Å². The molecule has 0 aromatic rings. The molecule has 0 aromatic carbocycles. The average Bonchev–Trinajstić information content (AvgIpc) is 2.95. The number of nitrogens with one attached hydrogen (secondary N) is 1. The van der Waals surface area contributed by atoms with Gasteiger partial charge in [0.25, 0.3) is 11.8 Å². The Kier molecular flexibility index (Phi) is 6.59. The highest BCUT2D eigenvalue weighted by atomic mass is 16.5. The lowest BCUT2D eigenvalue weighted by Gasteiger charge is -2.36. The van der Waals surface area contributed by atoms with Crippen molar-refractivity contribution in [2.45, 2.75) is 70.8 Å². The molecule has 8 heteroatoms. The highest BCUT2D eigenvalue weighted by Crippen LogP contribution is 2.38. The summed E-state index contributed by atoms with van der Waals surface area (Å²) in [7, 11) is 0. The summed E-state index contributed by atoms with van der Waals surface area (Å²) >= 11 is 0. The Hall–Kier alpha value is -2.38. The fourth-order valence-corrected chi connectivity index (χ4v) is 4.64. The number of imide groups is 1. The maximum absolute atomic E-state index is 12.9. The van der Waals surface area contributed by atoms with Gasteiger partial charge in [-0.2, -0.15) is 0 Å². The van der Waals surface area contributed by atoms with E-state index in [2.05, 4.69) is 11.4 Å². The minimum Gasteiger partial charge on any atom is -0.454 e. The Morgan fingerprint density at radius 1 is 1.28 bits per heavy atom. The minimum absolute atomic E-state index is 0.0252. The van der Waals surface area contributed by atoms with Gasteiger partial charge in [-0.1, -0.05) is 25.8 Å². The largest absolute Gasteiger partial charge is 0.454 e. The van der Waals surface area contributed by atoms with E-state index in [0.717, 1.165) is 55.5 Å². The van der Waals surface area contributed by atoms with E-state index in [9.17, 15) is 19.2 Å². The molecule has 1 N–H and O–H groups in total. The molecule has 0 aromatic heterocycles. The number of likely N-dealkylation sites (N-methyl/N-ethyl adjacent to an activating group) is 1. The van der Waals surface area contributed by atoms with Gasteiger partial charge in [0.1, 0.15) is 12.1 Å². The Morgan fingerprint density at radius 2 is 2.07 bits per heavy atom. The highest BCUT2D eigenvalue weighted by Gasteiger charge is 2.55. The molecule has 29 heavy (non-hydrogen) atoms. The van der Waals surface area contributed by atoms with Gasteiger partial charge >= 0.3 is 12.0 Å². The summed E-state index contributed by atoms with van der Waals surface area (Å²) in [6.45, 7) is 3.48. The average molecular weight is 405 g/mol. The molecule has 0 bridgehead atoms. The minimum atomic E-state index is -0.905. The second-order valence-corrected chi connectivity index (χ2v) is 8.18. The van der Waals surface area contributed by atoms with E-state index in [1.165, 1.54) is 0 Å². The predicted molar refractivity (Wildman–Crippen MR) is 106 cm³/mol. The SMILES string of the molecule is CCN(C(=O)COC(=O)CN1C(=O)N[C@@]2(CCCC[C@@H]2C)C1=O)C1=CCCCC1. The van der Waals surface area contributed by atoms with Gasteiger partial charge in [-0.3, -0.25) is 19.3 Å². The predicted octanol–water partition coefficient (Wildman–Crippen LogP) is 2.34. The zero-order valence-electron chi connectivity index (χ0n) is 17.4. The van der Waals surface area contributed by atoms with Crippen LogP contribution in [0.4, 0.5) is 4.79 Å². The van der Waals surface area contributed by atoms with Crippen molar-refractivity contribution in [1.29, 1.82) is 0 Å². The van der Waals surface area contributed by atoms with Crippen LogP contribution in [0.15, 0.2) is 11.8 Å². The van der Waals surface area contributed by atoms with Crippen LogP contribution in [0.3, 0.4) is 0 Å². The number of hydrogen-bond acceptors (Lipinski definition) is 5. The van der Waals surface area contributed by atoms with Crippen LogP contribution in [0.2, 0.25) is 0 Å². The quantitative estimate of drug-likeness (QED) is 0.540. The van der Waals surface area contributed by atoms with Gasteiger partial charge in [0.15, 0.2) is 6.61 Å². The molecule has 8 nitrogen and oxygen atoms in total. The molecule has 1 spiro atoms. The summed E-state index contributed by atoms with van der Waals surface area (Å²) in [5.41, 5.74) is 0.0693. The van der Waals surface area contributed by atoms with Crippen molar-refractivity contribution >= 4 is 23.8 Å². The molecule has 2 aliphatic carbocycles. The number of rotatable bonds is 6. The van der Waals surface area contributed by atoms with E-state index in [1.54, 1.807) is 4.90 Å². The van der Waals surface area contributed by atoms with Crippen LogP contribution >= 0.6 is 0 Å². The van der Waals surface area contributed by atoms with E-state index < -0.39 is 30.7 Å². The molecule has 2 atom stereocenters. The third kappa shape index (κ3) is 4.31. The lowest BCUT2D eigenvalue weighted by atomic mass is 9.73. The molecule has 1 saturated heterocycles. The third-order valence-electron chi connectivity index (χ3n) is 6.38. The van der Waals surface area contributed by atoms with Crippen molar-refractivity contribution in [3.63, 3.8) is 0 Å². The normalized spacial score (nSPS) is 26.9. The number of ether oxygens (including phenoxy) is 1. The molecule has 1 saturated carbocycles. The van der Waals surface area contributed by atoms with Gasteiger partial charge in [-0.25, -0.2) is 4.79 Å². The van der Waals surface area contributed by atoms with Crippen molar-refractivity contribution < 1.29 is 23.9 Å². The van der Waals surface area contributed by atoms with Crippen LogP contribution in [-0.2, 0) is 19.1 Å². The molecule has 4 amide bonds. The summed E-state index contributed by atoms with van der Waals surface area (Å²) in [5, 5.41) is 2.81. The first-order chi connectivity index (χ1) is 13.9. The third-order valence-corrected chi connectivity index (χ3v) is 6.38. The first-order valence-electron chi connectivity index (χ1n) is 10.7. The fourth-order valence-electron chi connectivity index (χ4n) is 4.64. The maximum Gasteiger partial charge on any atom is 0.326 e. The summed E-state index contributed by atoms with van der Waals surface area (Å²) in [5.74, 6) is -1.38. The highest BCUT2D eigenvalue weighted by molar-refractivity contribution is 6.09. The lowest BCUT2D eigenvalue weighted by molar-refractivity contribution is -0.153. The molecule has 2 fully saturated rings. The van der Waals surface area contributed by atoms with Crippen molar-refractivity contribution in [1.82, 2.24) is 15.1 Å². The topological polar surface area (TPSA) is 96.0 Å². The van der Waals surface area contributed by atoms with Crippen LogP contribution in [0, 0.1) is 5.92 Å². The number of amides is 4. The van der Waals surface area contributed by atoms with Gasteiger partial charge in [0.05, 0.1) is 0 Å². The standard InChI is InChI=1S/C21H31N3O5/c1-3-23(16-10-5-4-6-11-16)17(25)14-29-18(26)13-24-19(27)21(22-20(24)28)12-8-7-9-15(21)2/h10,15H,3-9,11-14H2,1-2H3,(H,22,28)/t15-,21+/m0/s1. The van der Waals surface area contributed by atoms with Gasteiger partial charge in [-0.05, 0) is 51.4 Å². The number of hydrogen-bond donors (Lipinski definition) is 1. The van der Waals surface area contributed by atoms with E-state index in [4.69, 9.17) is 4.74 Å². The molecule has 1 heterocycles. The van der Waals surface area contributed by atoms with E-state index in [-0.39, 0.29) is 17.7 Å². The Labute approximate surface area is 171 Å². The number of nitrogens with zero attached hydrogens (tertiary/aromatic N) is 2. The Morgan fingerprint density at radius 3 is 2.72 bits per heavy atom. The molecule has 0 radical (unpaired) electrons. The smallest absolute Gasteiger partial charge is 0.326 e. The number of urea groups is 1. The first-order valence-corrected chi connectivity index (χ1v) is 10.7. The summed E-state index contributed by atoms with van der Waals surface area (Å²) in [6, 6.07) is -0.561. The van der Waals surface area contributed by atoms with E-state index >= 15 is 0 Å². The van der Waals surface area contributed by atoms with Gasteiger partial charge in [0, 0.05) is 12.2 Å².